The Morgan fingerprint density at radius 1 is 1.07 bits per heavy atom. The van der Waals surface area contributed by atoms with Crippen LogP contribution in [0.4, 0.5) is 17.1 Å². The van der Waals surface area contributed by atoms with Crippen LogP contribution in [0.15, 0.2) is 42.5 Å². The lowest BCUT2D eigenvalue weighted by molar-refractivity contribution is -0.384. The lowest BCUT2D eigenvalue weighted by atomic mass is 10.0. The van der Waals surface area contributed by atoms with Crippen molar-refractivity contribution in [3.05, 3.63) is 63.7 Å². The summed E-state index contributed by atoms with van der Waals surface area (Å²) in [5.74, 6) is -0.932. The molecule has 0 aliphatic heterocycles. The molecule has 0 aliphatic rings. The van der Waals surface area contributed by atoms with Crippen LogP contribution in [-0.4, -0.2) is 30.0 Å². The number of ether oxygens (including phenoxy) is 1. The Kier molecular flexibility index (Phi) is 6.70. The number of amides is 1. The summed E-state index contributed by atoms with van der Waals surface area (Å²) in [4.78, 5) is 35.0. The van der Waals surface area contributed by atoms with Gasteiger partial charge in [0.25, 0.3) is 11.6 Å². The molecule has 0 spiro atoms. The molecule has 0 unspecified atom stereocenters. The summed E-state index contributed by atoms with van der Waals surface area (Å²) in [5.41, 5.74) is 1.75. The molecule has 0 fully saturated rings. The van der Waals surface area contributed by atoms with Crippen molar-refractivity contribution < 1.29 is 19.2 Å². The Labute approximate surface area is 163 Å². The predicted octanol–water partition coefficient (Wildman–Crippen LogP) is 3.94. The maximum Gasteiger partial charge on any atom is 0.339 e. The van der Waals surface area contributed by atoms with Crippen LogP contribution in [0.5, 0.6) is 0 Å². The van der Waals surface area contributed by atoms with Gasteiger partial charge in [0, 0.05) is 18.8 Å². The Bertz CT molecular complexity index is 878. The Hall–Kier alpha value is -3.42. The zero-order valence-electron chi connectivity index (χ0n) is 16.2. The van der Waals surface area contributed by atoms with Crippen LogP contribution in [0, 0.1) is 10.1 Å². The highest BCUT2D eigenvalue weighted by Crippen LogP contribution is 2.25. The van der Waals surface area contributed by atoms with Gasteiger partial charge in [0.05, 0.1) is 10.5 Å². The molecule has 2 rings (SSSR count). The normalized spacial score (nSPS) is 11.6. The maximum absolute atomic E-state index is 12.3. The van der Waals surface area contributed by atoms with Gasteiger partial charge in [0.15, 0.2) is 6.10 Å². The number of nitro groups is 1. The van der Waals surface area contributed by atoms with Crippen molar-refractivity contribution in [2.45, 2.75) is 32.8 Å². The lowest BCUT2D eigenvalue weighted by Gasteiger charge is -2.14. The van der Waals surface area contributed by atoms with Crippen LogP contribution in [-0.2, 0) is 9.53 Å². The van der Waals surface area contributed by atoms with Crippen molar-refractivity contribution in [3.8, 4) is 0 Å². The van der Waals surface area contributed by atoms with E-state index in [9.17, 15) is 19.7 Å². The lowest BCUT2D eigenvalue weighted by Crippen LogP contribution is -2.30. The molecule has 0 saturated carbocycles. The summed E-state index contributed by atoms with van der Waals surface area (Å²) in [6.07, 6.45) is -1.07. The second kappa shape index (κ2) is 8.98. The third-order valence-electron chi connectivity index (χ3n) is 4.20. The fourth-order valence-electron chi connectivity index (χ4n) is 2.50. The van der Waals surface area contributed by atoms with Crippen LogP contribution < -0.4 is 10.6 Å². The molecule has 0 aromatic heterocycles. The first-order chi connectivity index (χ1) is 13.2. The van der Waals surface area contributed by atoms with E-state index in [2.05, 4.69) is 24.5 Å². The minimum atomic E-state index is -1.07. The first-order valence-electron chi connectivity index (χ1n) is 8.81. The molecule has 8 nitrogen and oxygen atoms in total. The molecule has 1 atom stereocenters. The molecule has 0 heterocycles. The average molecular weight is 385 g/mol. The number of rotatable bonds is 7. The zero-order valence-corrected chi connectivity index (χ0v) is 16.2. The van der Waals surface area contributed by atoms with Gasteiger partial charge in [-0.1, -0.05) is 26.0 Å². The largest absolute Gasteiger partial charge is 0.449 e. The van der Waals surface area contributed by atoms with E-state index in [1.807, 2.05) is 12.1 Å². The van der Waals surface area contributed by atoms with Gasteiger partial charge in [0.2, 0.25) is 0 Å². The Morgan fingerprint density at radius 2 is 1.71 bits per heavy atom. The maximum atomic E-state index is 12.3. The van der Waals surface area contributed by atoms with Gasteiger partial charge in [-0.05, 0) is 42.7 Å². The molecule has 8 heteroatoms. The van der Waals surface area contributed by atoms with E-state index < -0.39 is 22.9 Å². The number of hydrogen-bond acceptors (Lipinski definition) is 6. The fraction of sp³-hybridized carbons (Fsp3) is 0.300. The minimum absolute atomic E-state index is 0.00774. The number of benzene rings is 2. The SMILES string of the molecule is CNc1ccc(C(=O)O[C@H](C)C(=O)Nc2ccc(C(C)C)cc2)cc1[N+](=O)[O-]. The summed E-state index contributed by atoms with van der Waals surface area (Å²) >= 11 is 0. The van der Waals surface area contributed by atoms with Crippen LogP contribution in [0.2, 0.25) is 0 Å². The van der Waals surface area contributed by atoms with Crippen molar-refractivity contribution in [2.75, 3.05) is 17.7 Å². The number of nitrogens with zero attached hydrogens (tertiary/aromatic N) is 1. The van der Waals surface area contributed by atoms with Crippen LogP contribution >= 0.6 is 0 Å². The smallest absolute Gasteiger partial charge is 0.339 e. The van der Waals surface area contributed by atoms with Crippen molar-refractivity contribution in [2.24, 2.45) is 0 Å². The average Bonchev–Trinajstić information content (AvgIpc) is 2.67. The molecule has 2 aromatic rings. The van der Waals surface area contributed by atoms with Crippen molar-refractivity contribution >= 4 is 28.9 Å². The van der Waals surface area contributed by atoms with E-state index in [0.717, 1.165) is 11.6 Å². The monoisotopic (exact) mass is 385 g/mol. The van der Waals surface area contributed by atoms with Gasteiger partial charge in [-0.2, -0.15) is 0 Å². The summed E-state index contributed by atoms with van der Waals surface area (Å²) in [6.45, 7) is 5.58. The van der Waals surface area contributed by atoms with E-state index in [4.69, 9.17) is 4.74 Å². The molecular formula is C20H23N3O5. The molecule has 0 radical (unpaired) electrons. The molecular weight excluding hydrogens is 362 g/mol. The number of esters is 1. The van der Waals surface area contributed by atoms with E-state index in [0.29, 0.717) is 11.6 Å². The third kappa shape index (κ3) is 5.06. The van der Waals surface area contributed by atoms with Crippen molar-refractivity contribution in [1.29, 1.82) is 0 Å². The van der Waals surface area contributed by atoms with Gasteiger partial charge < -0.3 is 15.4 Å². The fourth-order valence-corrected chi connectivity index (χ4v) is 2.50. The molecule has 0 bridgehead atoms. The molecule has 148 valence electrons. The van der Waals surface area contributed by atoms with Gasteiger partial charge in [-0.3, -0.25) is 14.9 Å². The standard InChI is InChI=1S/C20H23N3O5/c1-12(2)14-5-8-16(9-6-14)22-19(24)13(3)28-20(25)15-7-10-17(21-4)18(11-15)23(26)27/h5-13,21H,1-4H3,(H,22,24)/t13-/m1/s1. The molecule has 2 N–H and O–H groups in total. The second-order valence-electron chi connectivity index (χ2n) is 6.55. The second-order valence-corrected chi connectivity index (χ2v) is 6.55. The first-order valence-corrected chi connectivity index (χ1v) is 8.81. The third-order valence-corrected chi connectivity index (χ3v) is 4.20. The van der Waals surface area contributed by atoms with Crippen molar-refractivity contribution in [3.63, 3.8) is 0 Å². The van der Waals surface area contributed by atoms with E-state index in [-0.39, 0.29) is 16.9 Å². The van der Waals surface area contributed by atoms with E-state index in [1.165, 1.54) is 19.1 Å². The molecule has 0 aliphatic carbocycles. The summed E-state index contributed by atoms with van der Waals surface area (Å²) in [7, 11) is 1.54. The van der Waals surface area contributed by atoms with Gasteiger partial charge in [0.1, 0.15) is 5.69 Å². The molecule has 0 saturated heterocycles. The van der Waals surface area contributed by atoms with Crippen molar-refractivity contribution in [1.82, 2.24) is 0 Å². The number of anilines is 2. The number of hydrogen-bond donors (Lipinski definition) is 2. The highest BCUT2D eigenvalue weighted by atomic mass is 16.6. The quantitative estimate of drug-likeness (QED) is 0.424. The molecule has 28 heavy (non-hydrogen) atoms. The predicted molar refractivity (Wildman–Crippen MR) is 107 cm³/mol. The Balaban J connectivity index is 2.04. The first kappa shape index (κ1) is 20.9. The summed E-state index contributed by atoms with van der Waals surface area (Å²) in [6, 6.07) is 11.3. The zero-order chi connectivity index (χ0) is 20.8. The van der Waals surface area contributed by atoms with E-state index >= 15 is 0 Å². The number of nitro benzene ring substituents is 1. The summed E-state index contributed by atoms with van der Waals surface area (Å²) in [5, 5.41) is 16.5. The molecule has 1 amide bonds. The highest BCUT2D eigenvalue weighted by Gasteiger charge is 2.22. The van der Waals surface area contributed by atoms with Gasteiger partial charge >= 0.3 is 5.97 Å². The topological polar surface area (TPSA) is 111 Å². The van der Waals surface area contributed by atoms with Crippen LogP contribution in [0.3, 0.4) is 0 Å². The van der Waals surface area contributed by atoms with Gasteiger partial charge in [-0.15, -0.1) is 0 Å². The van der Waals surface area contributed by atoms with Crippen LogP contribution in [0.25, 0.3) is 0 Å². The number of carbonyl (C=O) groups excluding carboxylic acids is 2. The van der Waals surface area contributed by atoms with Gasteiger partial charge in [-0.25, -0.2) is 4.79 Å². The van der Waals surface area contributed by atoms with Crippen LogP contribution in [0.1, 0.15) is 42.6 Å². The number of nitrogens with one attached hydrogen (secondary N) is 2. The molecule has 2 aromatic carbocycles. The summed E-state index contributed by atoms with van der Waals surface area (Å²) < 4.78 is 5.15. The van der Waals surface area contributed by atoms with E-state index in [1.54, 1.807) is 19.2 Å². The highest BCUT2D eigenvalue weighted by molar-refractivity contribution is 5.97. The Morgan fingerprint density at radius 3 is 2.25 bits per heavy atom. The minimum Gasteiger partial charge on any atom is -0.449 e. The number of carbonyl (C=O) groups is 2.